The SMILES string of the molecule is O=C1N(c2ccc(Cl)cc2)C2CCOCC2(c2cccc(OC(F)(F)F)c2)N1c1ccc(Cl)cc1. The average Bonchev–Trinajstić information content (AvgIpc) is 3.08. The van der Waals surface area contributed by atoms with E-state index in [0.29, 0.717) is 40.0 Å². The first kappa shape index (κ1) is 23.8. The molecule has 2 fully saturated rings. The molecule has 2 amide bonds. The molecule has 0 bridgehead atoms. The van der Waals surface area contributed by atoms with Crippen LogP contribution in [-0.2, 0) is 10.3 Å². The second-order valence-electron chi connectivity index (χ2n) is 8.30. The van der Waals surface area contributed by atoms with Crippen LogP contribution in [0.5, 0.6) is 5.75 Å². The maximum absolute atomic E-state index is 14.1. The number of hydrogen-bond acceptors (Lipinski definition) is 3. The quantitative estimate of drug-likeness (QED) is 0.369. The average molecular weight is 523 g/mol. The minimum Gasteiger partial charge on any atom is -0.406 e. The molecule has 3 aromatic rings. The number of hydrogen-bond donors (Lipinski definition) is 0. The van der Waals surface area contributed by atoms with Gasteiger partial charge in [-0.05, 0) is 72.6 Å². The van der Waals surface area contributed by atoms with Gasteiger partial charge in [-0.1, -0.05) is 35.3 Å². The Kier molecular flexibility index (Phi) is 6.07. The standard InChI is InChI=1S/C25H19Cl2F3N2O3/c26-17-4-8-19(9-5-17)31-22-12-13-34-15-24(22,16-2-1-3-21(14-16)35-25(28,29)30)32(23(31)33)20-10-6-18(27)7-11-20/h1-11,14,22H,12-13,15H2. The fourth-order valence-corrected chi connectivity index (χ4v) is 5.17. The van der Waals surface area contributed by atoms with Crippen molar-refractivity contribution >= 4 is 40.6 Å². The third-order valence-electron chi connectivity index (χ3n) is 6.27. The van der Waals surface area contributed by atoms with Crippen LogP contribution in [-0.4, -0.2) is 31.6 Å². The number of benzene rings is 3. The summed E-state index contributed by atoms with van der Waals surface area (Å²) in [6.07, 6.45) is -4.39. The molecule has 0 aromatic heterocycles. The summed E-state index contributed by atoms with van der Waals surface area (Å²) in [5, 5.41) is 1.01. The Morgan fingerprint density at radius 3 is 2.20 bits per heavy atom. The van der Waals surface area contributed by atoms with Crippen LogP contribution in [0.2, 0.25) is 10.0 Å². The van der Waals surface area contributed by atoms with E-state index < -0.39 is 17.9 Å². The highest BCUT2D eigenvalue weighted by Crippen LogP contribution is 2.50. The summed E-state index contributed by atoms with van der Waals surface area (Å²) in [7, 11) is 0. The summed E-state index contributed by atoms with van der Waals surface area (Å²) in [5.74, 6) is -0.373. The molecule has 3 aromatic carbocycles. The number of nitrogens with zero attached hydrogens (tertiary/aromatic N) is 2. The molecular formula is C25H19Cl2F3N2O3. The van der Waals surface area contributed by atoms with Crippen molar-refractivity contribution in [3.05, 3.63) is 88.4 Å². The Morgan fingerprint density at radius 2 is 1.57 bits per heavy atom. The van der Waals surface area contributed by atoms with Crippen molar-refractivity contribution in [1.29, 1.82) is 0 Å². The molecule has 0 spiro atoms. The van der Waals surface area contributed by atoms with Gasteiger partial charge >= 0.3 is 12.4 Å². The van der Waals surface area contributed by atoms with Crippen molar-refractivity contribution in [1.82, 2.24) is 0 Å². The lowest BCUT2D eigenvalue weighted by Gasteiger charge is -2.44. The Hall–Kier alpha value is -2.94. The zero-order chi connectivity index (χ0) is 24.8. The first-order valence-corrected chi connectivity index (χ1v) is 11.5. The minimum absolute atomic E-state index is 0.0750. The van der Waals surface area contributed by atoms with Gasteiger partial charge in [0, 0.05) is 28.0 Å². The summed E-state index contributed by atoms with van der Waals surface area (Å²) in [4.78, 5) is 17.3. The molecule has 5 rings (SSSR count). The highest BCUT2D eigenvalue weighted by Gasteiger charge is 2.60. The molecule has 0 saturated carbocycles. The number of fused-ring (bicyclic) bond motifs is 1. The zero-order valence-electron chi connectivity index (χ0n) is 18.1. The van der Waals surface area contributed by atoms with Crippen LogP contribution in [0.15, 0.2) is 72.8 Å². The van der Waals surface area contributed by atoms with E-state index in [2.05, 4.69) is 4.74 Å². The Morgan fingerprint density at radius 1 is 0.943 bits per heavy atom. The van der Waals surface area contributed by atoms with Gasteiger partial charge in [-0.25, -0.2) is 4.79 Å². The summed E-state index contributed by atoms with van der Waals surface area (Å²) in [5.41, 5.74) is 0.486. The van der Waals surface area contributed by atoms with E-state index in [0.717, 1.165) is 0 Å². The molecule has 2 aliphatic heterocycles. The zero-order valence-corrected chi connectivity index (χ0v) is 19.6. The summed E-state index contributed by atoms with van der Waals surface area (Å²) >= 11 is 12.2. The van der Waals surface area contributed by atoms with Crippen LogP contribution in [0, 0.1) is 0 Å². The first-order chi connectivity index (χ1) is 16.7. The van der Waals surface area contributed by atoms with Crippen molar-refractivity contribution in [2.24, 2.45) is 0 Å². The van der Waals surface area contributed by atoms with E-state index in [1.807, 2.05) is 0 Å². The van der Waals surface area contributed by atoms with Crippen molar-refractivity contribution in [2.75, 3.05) is 23.0 Å². The van der Waals surface area contributed by atoms with Gasteiger partial charge in [0.25, 0.3) is 0 Å². The van der Waals surface area contributed by atoms with Gasteiger partial charge in [0.15, 0.2) is 0 Å². The molecule has 2 heterocycles. The lowest BCUT2D eigenvalue weighted by molar-refractivity contribution is -0.274. The van der Waals surface area contributed by atoms with Crippen LogP contribution in [0.1, 0.15) is 12.0 Å². The highest BCUT2D eigenvalue weighted by atomic mass is 35.5. The van der Waals surface area contributed by atoms with E-state index in [4.69, 9.17) is 27.9 Å². The number of alkyl halides is 3. The predicted molar refractivity (Wildman–Crippen MR) is 127 cm³/mol. The van der Waals surface area contributed by atoms with Gasteiger partial charge in [-0.2, -0.15) is 0 Å². The third kappa shape index (κ3) is 4.30. The van der Waals surface area contributed by atoms with Crippen LogP contribution in [0.4, 0.5) is 29.3 Å². The molecule has 0 N–H and O–H groups in total. The molecule has 5 nitrogen and oxygen atoms in total. The number of halogens is 5. The number of amides is 2. The topological polar surface area (TPSA) is 42.0 Å². The van der Waals surface area contributed by atoms with Gasteiger partial charge in [0.1, 0.15) is 11.3 Å². The number of urea groups is 1. The van der Waals surface area contributed by atoms with Crippen LogP contribution >= 0.6 is 23.2 Å². The van der Waals surface area contributed by atoms with Crippen LogP contribution < -0.4 is 14.5 Å². The highest BCUT2D eigenvalue weighted by molar-refractivity contribution is 6.31. The van der Waals surface area contributed by atoms with Gasteiger partial charge in [0.2, 0.25) is 0 Å². The molecule has 0 radical (unpaired) electrons. The number of anilines is 2. The van der Waals surface area contributed by atoms with Crippen molar-refractivity contribution in [2.45, 2.75) is 24.4 Å². The predicted octanol–water partition coefficient (Wildman–Crippen LogP) is 7.02. The Labute approximate surface area is 209 Å². The fraction of sp³-hybridized carbons (Fsp3) is 0.240. The maximum atomic E-state index is 14.1. The molecular weight excluding hydrogens is 504 g/mol. The van der Waals surface area contributed by atoms with E-state index in [9.17, 15) is 18.0 Å². The maximum Gasteiger partial charge on any atom is 0.573 e. The summed E-state index contributed by atoms with van der Waals surface area (Å²) in [6, 6.07) is 18.5. The second kappa shape index (κ2) is 8.93. The Bertz CT molecular complexity index is 1240. The van der Waals surface area contributed by atoms with Crippen molar-refractivity contribution in [3.8, 4) is 5.75 Å². The molecule has 0 aliphatic carbocycles. The largest absolute Gasteiger partial charge is 0.573 e. The number of rotatable bonds is 4. The van der Waals surface area contributed by atoms with Crippen LogP contribution in [0.3, 0.4) is 0 Å². The van der Waals surface area contributed by atoms with Crippen molar-refractivity contribution in [3.63, 3.8) is 0 Å². The van der Waals surface area contributed by atoms with E-state index in [1.54, 1.807) is 64.4 Å². The summed E-state index contributed by atoms with van der Waals surface area (Å²) < 4.78 is 49.1. The minimum atomic E-state index is -4.85. The third-order valence-corrected chi connectivity index (χ3v) is 6.78. The van der Waals surface area contributed by atoms with E-state index >= 15 is 0 Å². The van der Waals surface area contributed by atoms with Gasteiger partial charge in [-0.3, -0.25) is 9.80 Å². The van der Waals surface area contributed by atoms with Gasteiger partial charge in [-0.15, -0.1) is 13.2 Å². The fourth-order valence-electron chi connectivity index (χ4n) is 4.92. The lowest BCUT2D eigenvalue weighted by Crippen LogP contribution is -2.56. The Balaban J connectivity index is 1.71. The number of carbonyl (C=O) groups excluding carboxylic acids is 1. The molecule has 2 unspecified atom stereocenters. The second-order valence-corrected chi connectivity index (χ2v) is 9.17. The normalized spacial score (nSPS) is 22.3. The molecule has 10 heteroatoms. The number of ether oxygens (including phenoxy) is 2. The first-order valence-electron chi connectivity index (χ1n) is 10.8. The van der Waals surface area contributed by atoms with Gasteiger partial charge < -0.3 is 9.47 Å². The molecule has 2 saturated heterocycles. The van der Waals surface area contributed by atoms with Gasteiger partial charge in [0.05, 0.1) is 12.6 Å². The van der Waals surface area contributed by atoms with Crippen molar-refractivity contribution < 1.29 is 27.4 Å². The van der Waals surface area contributed by atoms with E-state index in [1.165, 1.54) is 18.2 Å². The van der Waals surface area contributed by atoms with Crippen LogP contribution in [0.25, 0.3) is 0 Å². The number of carbonyl (C=O) groups is 1. The molecule has 2 atom stereocenters. The van der Waals surface area contributed by atoms with E-state index in [-0.39, 0.29) is 18.4 Å². The smallest absolute Gasteiger partial charge is 0.406 e. The summed E-state index contributed by atoms with van der Waals surface area (Å²) in [6.45, 7) is 0.461. The lowest BCUT2D eigenvalue weighted by atomic mass is 9.79. The molecule has 2 aliphatic rings. The monoisotopic (exact) mass is 522 g/mol. The molecule has 182 valence electrons. The molecule has 35 heavy (non-hydrogen) atoms.